The Morgan fingerprint density at radius 1 is 1.13 bits per heavy atom. The highest BCUT2D eigenvalue weighted by Gasteiger charge is 2.17. The second kappa shape index (κ2) is 9.36. The van der Waals surface area contributed by atoms with Crippen LogP contribution in [0.15, 0.2) is 59.5 Å². The van der Waals surface area contributed by atoms with E-state index in [-0.39, 0.29) is 17.6 Å². The van der Waals surface area contributed by atoms with Crippen LogP contribution in [0.4, 0.5) is 4.39 Å². The van der Waals surface area contributed by atoms with Crippen molar-refractivity contribution in [2.75, 3.05) is 12.3 Å². The van der Waals surface area contributed by atoms with Crippen LogP contribution in [0.5, 0.6) is 0 Å². The maximum Gasteiger partial charge on any atom is 0.227 e. The maximum atomic E-state index is 12.8. The Bertz CT molecular complexity index is 601. The van der Waals surface area contributed by atoms with Gasteiger partial charge in [-0.2, -0.15) is 0 Å². The zero-order valence-electron chi connectivity index (χ0n) is 13.3. The molecule has 0 aliphatic heterocycles. The summed E-state index contributed by atoms with van der Waals surface area (Å²) in [4.78, 5) is 13.3. The van der Waals surface area contributed by atoms with E-state index in [1.54, 1.807) is 23.9 Å². The van der Waals surface area contributed by atoms with Gasteiger partial charge >= 0.3 is 0 Å². The van der Waals surface area contributed by atoms with Gasteiger partial charge in [0.15, 0.2) is 0 Å². The lowest BCUT2D eigenvalue weighted by Crippen LogP contribution is -2.30. The number of hydrogen-bond donors (Lipinski definition) is 1. The minimum absolute atomic E-state index is 0.0825. The van der Waals surface area contributed by atoms with Crippen molar-refractivity contribution in [2.24, 2.45) is 0 Å². The Morgan fingerprint density at radius 3 is 2.48 bits per heavy atom. The molecule has 0 bridgehead atoms. The van der Waals surface area contributed by atoms with Crippen molar-refractivity contribution in [3.05, 3.63) is 66.0 Å². The molecule has 4 heteroatoms. The lowest BCUT2D eigenvalue weighted by atomic mass is 9.96. The largest absolute Gasteiger partial charge is 0.356 e. The molecule has 2 aromatic carbocycles. The van der Waals surface area contributed by atoms with E-state index in [1.165, 1.54) is 12.1 Å². The van der Waals surface area contributed by atoms with Gasteiger partial charge in [0, 0.05) is 11.4 Å². The highest BCUT2D eigenvalue weighted by molar-refractivity contribution is 7.99. The molecule has 0 fully saturated rings. The molecule has 1 amide bonds. The first kappa shape index (κ1) is 17.5. The van der Waals surface area contributed by atoms with Crippen LogP contribution in [-0.2, 0) is 4.79 Å². The summed E-state index contributed by atoms with van der Waals surface area (Å²) in [7, 11) is 0. The lowest BCUT2D eigenvalue weighted by molar-refractivity contribution is -0.122. The molecule has 2 rings (SSSR count). The number of halogens is 1. The first-order valence-electron chi connectivity index (χ1n) is 7.91. The standard InChI is InChI=1S/C19H22FNOS/c1-2-18(15-7-4-3-5-8-15)19(22)21-13-6-14-23-17-11-9-16(20)10-12-17/h3-5,7-12,18H,2,6,13-14H2,1H3,(H,21,22). The summed E-state index contributed by atoms with van der Waals surface area (Å²) < 4.78 is 12.8. The molecular formula is C19H22FNOS. The van der Waals surface area contributed by atoms with Crippen molar-refractivity contribution >= 4 is 17.7 Å². The Morgan fingerprint density at radius 2 is 1.83 bits per heavy atom. The zero-order chi connectivity index (χ0) is 16.5. The second-order valence-corrected chi connectivity index (χ2v) is 6.49. The fourth-order valence-corrected chi connectivity index (χ4v) is 3.24. The van der Waals surface area contributed by atoms with Crippen LogP contribution in [-0.4, -0.2) is 18.2 Å². The Hall–Kier alpha value is -1.81. The third kappa shape index (κ3) is 5.71. The van der Waals surface area contributed by atoms with Crippen LogP contribution in [0.2, 0.25) is 0 Å². The van der Waals surface area contributed by atoms with Crippen molar-refractivity contribution in [1.82, 2.24) is 5.32 Å². The van der Waals surface area contributed by atoms with Crippen molar-refractivity contribution in [3.63, 3.8) is 0 Å². The molecular weight excluding hydrogens is 309 g/mol. The number of benzene rings is 2. The summed E-state index contributed by atoms with van der Waals surface area (Å²) in [5, 5.41) is 3.02. The third-order valence-corrected chi connectivity index (χ3v) is 4.73. The lowest BCUT2D eigenvalue weighted by Gasteiger charge is -2.15. The van der Waals surface area contributed by atoms with Gasteiger partial charge in [0.1, 0.15) is 5.82 Å². The second-order valence-electron chi connectivity index (χ2n) is 5.32. The molecule has 1 unspecified atom stereocenters. The highest BCUT2D eigenvalue weighted by Crippen LogP contribution is 2.20. The summed E-state index contributed by atoms with van der Waals surface area (Å²) in [6.07, 6.45) is 1.68. The van der Waals surface area contributed by atoms with Gasteiger partial charge < -0.3 is 5.32 Å². The fourth-order valence-electron chi connectivity index (χ4n) is 2.39. The molecule has 2 aromatic rings. The molecule has 0 aromatic heterocycles. The summed E-state index contributed by atoms with van der Waals surface area (Å²) in [6, 6.07) is 16.4. The van der Waals surface area contributed by atoms with Crippen LogP contribution in [0, 0.1) is 5.82 Å². The van der Waals surface area contributed by atoms with Crippen molar-refractivity contribution in [2.45, 2.75) is 30.6 Å². The highest BCUT2D eigenvalue weighted by atomic mass is 32.2. The normalized spacial score (nSPS) is 11.9. The average molecular weight is 331 g/mol. The molecule has 122 valence electrons. The summed E-state index contributed by atoms with van der Waals surface area (Å²) in [5.74, 6) is 0.688. The van der Waals surface area contributed by atoms with Gasteiger partial charge in [0.25, 0.3) is 0 Å². The number of amides is 1. The molecule has 0 saturated carbocycles. The summed E-state index contributed by atoms with van der Waals surface area (Å²) in [6.45, 7) is 2.69. The number of hydrogen-bond acceptors (Lipinski definition) is 2. The van der Waals surface area contributed by atoms with E-state index < -0.39 is 0 Å². The Labute approximate surface area is 141 Å². The van der Waals surface area contributed by atoms with Gasteiger partial charge in [0.05, 0.1) is 5.92 Å². The molecule has 0 saturated heterocycles. The van der Waals surface area contributed by atoms with Crippen LogP contribution < -0.4 is 5.32 Å². The van der Waals surface area contributed by atoms with E-state index in [0.717, 1.165) is 29.1 Å². The van der Waals surface area contributed by atoms with Crippen LogP contribution >= 0.6 is 11.8 Å². The van der Waals surface area contributed by atoms with E-state index in [9.17, 15) is 9.18 Å². The maximum absolute atomic E-state index is 12.8. The number of nitrogens with one attached hydrogen (secondary N) is 1. The van der Waals surface area contributed by atoms with Crippen LogP contribution in [0.3, 0.4) is 0 Å². The van der Waals surface area contributed by atoms with E-state index in [1.807, 2.05) is 37.3 Å². The van der Waals surface area contributed by atoms with E-state index >= 15 is 0 Å². The van der Waals surface area contributed by atoms with Crippen molar-refractivity contribution < 1.29 is 9.18 Å². The van der Waals surface area contributed by atoms with Crippen LogP contribution in [0.1, 0.15) is 31.2 Å². The topological polar surface area (TPSA) is 29.1 Å². The molecule has 0 radical (unpaired) electrons. The van der Waals surface area contributed by atoms with Crippen molar-refractivity contribution in [1.29, 1.82) is 0 Å². The van der Waals surface area contributed by atoms with Gasteiger partial charge in [-0.15, -0.1) is 11.8 Å². The average Bonchev–Trinajstić information content (AvgIpc) is 2.58. The van der Waals surface area contributed by atoms with Crippen molar-refractivity contribution in [3.8, 4) is 0 Å². The first-order chi connectivity index (χ1) is 11.2. The number of rotatable bonds is 8. The molecule has 1 atom stereocenters. The van der Waals surface area contributed by atoms with Gasteiger partial charge in [-0.05, 0) is 48.4 Å². The quantitative estimate of drug-likeness (QED) is 0.565. The number of thioether (sulfide) groups is 1. The monoisotopic (exact) mass is 331 g/mol. The molecule has 1 N–H and O–H groups in total. The molecule has 2 nitrogen and oxygen atoms in total. The van der Waals surface area contributed by atoms with E-state index in [0.29, 0.717) is 6.54 Å². The van der Waals surface area contributed by atoms with Gasteiger partial charge in [-0.25, -0.2) is 4.39 Å². The number of carbonyl (C=O) groups excluding carboxylic acids is 1. The Balaban J connectivity index is 1.70. The molecule has 0 spiro atoms. The molecule has 23 heavy (non-hydrogen) atoms. The smallest absolute Gasteiger partial charge is 0.227 e. The first-order valence-corrected chi connectivity index (χ1v) is 8.90. The SMILES string of the molecule is CCC(C(=O)NCCCSc1ccc(F)cc1)c1ccccc1. The summed E-state index contributed by atoms with van der Waals surface area (Å²) in [5.41, 5.74) is 1.06. The minimum Gasteiger partial charge on any atom is -0.356 e. The predicted molar refractivity (Wildman–Crippen MR) is 94.2 cm³/mol. The van der Waals surface area contributed by atoms with E-state index in [2.05, 4.69) is 5.32 Å². The van der Waals surface area contributed by atoms with Gasteiger partial charge in [-0.3, -0.25) is 4.79 Å². The number of carbonyl (C=O) groups is 1. The Kier molecular flexibility index (Phi) is 7.14. The predicted octanol–water partition coefficient (Wildman–Crippen LogP) is 4.62. The van der Waals surface area contributed by atoms with Gasteiger partial charge in [-0.1, -0.05) is 37.3 Å². The molecule has 0 aliphatic rings. The summed E-state index contributed by atoms with van der Waals surface area (Å²) >= 11 is 1.67. The minimum atomic E-state index is -0.215. The molecule has 0 heterocycles. The van der Waals surface area contributed by atoms with Crippen LogP contribution in [0.25, 0.3) is 0 Å². The third-order valence-electron chi connectivity index (χ3n) is 3.63. The van der Waals surface area contributed by atoms with Gasteiger partial charge in [0.2, 0.25) is 5.91 Å². The molecule has 0 aliphatic carbocycles. The fraction of sp³-hybridized carbons (Fsp3) is 0.316. The zero-order valence-corrected chi connectivity index (χ0v) is 14.1. The van der Waals surface area contributed by atoms with E-state index in [4.69, 9.17) is 0 Å².